The number of hydrogen-bond donors (Lipinski definition) is 0. The molecule has 0 bridgehead atoms. The van der Waals surface area contributed by atoms with Gasteiger partial charge in [-0.15, -0.1) is 0 Å². The SMILES string of the molecule is CCOC(=O)CC[C@H](C)CC. The van der Waals surface area contributed by atoms with Crippen LogP contribution in [0, 0.1) is 5.92 Å². The van der Waals surface area contributed by atoms with Crippen molar-refractivity contribution < 1.29 is 9.53 Å². The van der Waals surface area contributed by atoms with Crippen molar-refractivity contribution in [3.8, 4) is 0 Å². The standard InChI is InChI=1S/C9H18O2/c1-4-8(3)6-7-9(10)11-5-2/h8H,4-7H2,1-3H3/t8-/m1/s1. The van der Waals surface area contributed by atoms with Gasteiger partial charge in [-0.1, -0.05) is 20.3 Å². The zero-order chi connectivity index (χ0) is 8.69. The molecule has 0 aromatic heterocycles. The summed E-state index contributed by atoms with van der Waals surface area (Å²) in [5.74, 6) is 0.576. The Morgan fingerprint density at radius 1 is 1.45 bits per heavy atom. The number of hydrogen-bond acceptors (Lipinski definition) is 2. The van der Waals surface area contributed by atoms with Crippen LogP contribution in [0.5, 0.6) is 0 Å². The molecule has 1 atom stereocenters. The molecular formula is C9H18O2. The molecule has 0 saturated heterocycles. The molecule has 0 aromatic rings. The molecule has 11 heavy (non-hydrogen) atoms. The van der Waals surface area contributed by atoms with Crippen molar-refractivity contribution in [3.05, 3.63) is 0 Å². The Labute approximate surface area is 68.9 Å². The molecule has 0 aliphatic rings. The van der Waals surface area contributed by atoms with Gasteiger partial charge in [0.2, 0.25) is 0 Å². The van der Waals surface area contributed by atoms with Gasteiger partial charge in [-0.25, -0.2) is 0 Å². The monoisotopic (exact) mass is 158 g/mol. The molecule has 0 aromatic carbocycles. The second-order valence-corrected chi connectivity index (χ2v) is 2.86. The summed E-state index contributed by atoms with van der Waals surface area (Å²) in [6, 6.07) is 0. The highest BCUT2D eigenvalue weighted by Crippen LogP contribution is 2.09. The predicted molar refractivity (Wildman–Crippen MR) is 45.3 cm³/mol. The normalized spacial score (nSPS) is 12.6. The van der Waals surface area contributed by atoms with E-state index in [0.717, 1.165) is 12.8 Å². The lowest BCUT2D eigenvalue weighted by molar-refractivity contribution is -0.143. The van der Waals surface area contributed by atoms with E-state index in [9.17, 15) is 4.79 Å². The van der Waals surface area contributed by atoms with Crippen LogP contribution in [0.2, 0.25) is 0 Å². The van der Waals surface area contributed by atoms with E-state index in [0.29, 0.717) is 18.9 Å². The average molecular weight is 158 g/mol. The smallest absolute Gasteiger partial charge is 0.305 e. The van der Waals surface area contributed by atoms with E-state index in [1.807, 2.05) is 6.92 Å². The van der Waals surface area contributed by atoms with Gasteiger partial charge in [0, 0.05) is 6.42 Å². The first-order valence-electron chi connectivity index (χ1n) is 4.36. The molecule has 2 nitrogen and oxygen atoms in total. The lowest BCUT2D eigenvalue weighted by atomic mass is 10.0. The Morgan fingerprint density at radius 2 is 2.09 bits per heavy atom. The summed E-state index contributed by atoms with van der Waals surface area (Å²) >= 11 is 0. The van der Waals surface area contributed by atoms with E-state index in [1.165, 1.54) is 0 Å². The first kappa shape index (κ1) is 10.5. The summed E-state index contributed by atoms with van der Waals surface area (Å²) in [5, 5.41) is 0. The first-order chi connectivity index (χ1) is 5.20. The molecule has 2 heteroatoms. The molecule has 66 valence electrons. The van der Waals surface area contributed by atoms with Crippen LogP contribution in [0.4, 0.5) is 0 Å². The lowest BCUT2D eigenvalue weighted by Gasteiger charge is -2.06. The van der Waals surface area contributed by atoms with Gasteiger partial charge in [0.25, 0.3) is 0 Å². The summed E-state index contributed by atoms with van der Waals surface area (Å²) < 4.78 is 4.80. The Morgan fingerprint density at radius 3 is 2.55 bits per heavy atom. The molecule has 0 aliphatic heterocycles. The van der Waals surface area contributed by atoms with Crippen molar-refractivity contribution in [3.63, 3.8) is 0 Å². The summed E-state index contributed by atoms with van der Waals surface area (Å²) in [6.07, 6.45) is 2.66. The van der Waals surface area contributed by atoms with Crippen LogP contribution in [0.25, 0.3) is 0 Å². The summed E-state index contributed by atoms with van der Waals surface area (Å²) in [7, 11) is 0. The van der Waals surface area contributed by atoms with Crippen LogP contribution >= 0.6 is 0 Å². The van der Waals surface area contributed by atoms with Crippen LogP contribution in [-0.2, 0) is 9.53 Å². The van der Waals surface area contributed by atoms with Crippen LogP contribution in [-0.4, -0.2) is 12.6 Å². The van der Waals surface area contributed by atoms with Crippen LogP contribution in [0.15, 0.2) is 0 Å². The van der Waals surface area contributed by atoms with Crippen LogP contribution < -0.4 is 0 Å². The molecule has 0 spiro atoms. The van der Waals surface area contributed by atoms with E-state index in [4.69, 9.17) is 4.74 Å². The Balaban J connectivity index is 3.30. The second-order valence-electron chi connectivity index (χ2n) is 2.86. The van der Waals surface area contributed by atoms with Crippen molar-refractivity contribution >= 4 is 5.97 Å². The molecule has 0 rings (SSSR count). The third-order valence-electron chi connectivity index (χ3n) is 1.84. The van der Waals surface area contributed by atoms with E-state index >= 15 is 0 Å². The third kappa shape index (κ3) is 5.89. The van der Waals surface area contributed by atoms with E-state index in [2.05, 4.69) is 13.8 Å². The van der Waals surface area contributed by atoms with E-state index < -0.39 is 0 Å². The summed E-state index contributed by atoms with van der Waals surface area (Å²) in [5.41, 5.74) is 0. The number of ether oxygens (including phenoxy) is 1. The van der Waals surface area contributed by atoms with Crippen molar-refractivity contribution in [1.82, 2.24) is 0 Å². The minimum atomic E-state index is -0.0622. The number of carbonyl (C=O) groups excluding carboxylic acids is 1. The Bertz CT molecular complexity index is 110. The van der Waals surface area contributed by atoms with Gasteiger partial charge in [-0.05, 0) is 19.3 Å². The van der Waals surface area contributed by atoms with Gasteiger partial charge in [0.05, 0.1) is 6.61 Å². The minimum Gasteiger partial charge on any atom is -0.466 e. The minimum absolute atomic E-state index is 0.0622. The van der Waals surface area contributed by atoms with Gasteiger partial charge in [0.1, 0.15) is 0 Å². The molecule has 0 unspecified atom stereocenters. The topological polar surface area (TPSA) is 26.3 Å². The third-order valence-corrected chi connectivity index (χ3v) is 1.84. The highest BCUT2D eigenvalue weighted by atomic mass is 16.5. The average Bonchev–Trinajstić information content (AvgIpc) is 2.01. The van der Waals surface area contributed by atoms with Gasteiger partial charge in [-0.3, -0.25) is 4.79 Å². The van der Waals surface area contributed by atoms with Crippen LogP contribution in [0.1, 0.15) is 40.0 Å². The van der Waals surface area contributed by atoms with Gasteiger partial charge in [0.15, 0.2) is 0 Å². The number of carbonyl (C=O) groups is 1. The number of rotatable bonds is 5. The molecule has 0 amide bonds. The second kappa shape index (κ2) is 6.20. The zero-order valence-corrected chi connectivity index (χ0v) is 7.72. The van der Waals surface area contributed by atoms with Gasteiger partial charge >= 0.3 is 5.97 Å². The summed E-state index contributed by atoms with van der Waals surface area (Å²) in [6.45, 7) is 6.62. The maximum Gasteiger partial charge on any atom is 0.305 e. The number of esters is 1. The maximum absolute atomic E-state index is 10.8. The molecular weight excluding hydrogens is 140 g/mol. The summed E-state index contributed by atoms with van der Waals surface area (Å²) in [4.78, 5) is 10.8. The zero-order valence-electron chi connectivity index (χ0n) is 7.72. The lowest BCUT2D eigenvalue weighted by Crippen LogP contribution is -2.05. The highest BCUT2D eigenvalue weighted by molar-refractivity contribution is 5.69. The molecule has 0 radical (unpaired) electrons. The molecule has 0 fully saturated rings. The van der Waals surface area contributed by atoms with Crippen molar-refractivity contribution in [1.29, 1.82) is 0 Å². The van der Waals surface area contributed by atoms with Crippen molar-refractivity contribution in [2.75, 3.05) is 6.61 Å². The predicted octanol–water partition coefficient (Wildman–Crippen LogP) is 2.38. The first-order valence-corrected chi connectivity index (χ1v) is 4.36. The van der Waals surface area contributed by atoms with Crippen LogP contribution in [0.3, 0.4) is 0 Å². The highest BCUT2D eigenvalue weighted by Gasteiger charge is 2.04. The molecule has 0 N–H and O–H groups in total. The fraction of sp³-hybridized carbons (Fsp3) is 0.889. The largest absolute Gasteiger partial charge is 0.466 e. The maximum atomic E-state index is 10.8. The Hall–Kier alpha value is -0.530. The van der Waals surface area contributed by atoms with Crippen molar-refractivity contribution in [2.24, 2.45) is 5.92 Å². The van der Waals surface area contributed by atoms with Crippen molar-refractivity contribution in [2.45, 2.75) is 40.0 Å². The molecule has 0 heterocycles. The van der Waals surface area contributed by atoms with E-state index in [1.54, 1.807) is 0 Å². The Kier molecular flexibility index (Phi) is 5.90. The molecule has 0 saturated carbocycles. The van der Waals surface area contributed by atoms with Gasteiger partial charge in [-0.2, -0.15) is 0 Å². The quantitative estimate of drug-likeness (QED) is 0.574. The van der Waals surface area contributed by atoms with Gasteiger partial charge < -0.3 is 4.74 Å². The van der Waals surface area contributed by atoms with E-state index in [-0.39, 0.29) is 5.97 Å². The fourth-order valence-corrected chi connectivity index (χ4v) is 0.802. The molecule has 0 aliphatic carbocycles. The fourth-order valence-electron chi connectivity index (χ4n) is 0.802.